The largest absolute Gasteiger partial charge is 0.469 e. The lowest BCUT2D eigenvalue weighted by atomic mass is 10.2. The van der Waals surface area contributed by atoms with Crippen molar-refractivity contribution in [2.75, 3.05) is 19.4 Å². The van der Waals surface area contributed by atoms with E-state index in [2.05, 4.69) is 10.1 Å². The monoisotopic (exact) mass is 306 g/mol. The van der Waals surface area contributed by atoms with Gasteiger partial charge in [0.25, 0.3) is 0 Å². The van der Waals surface area contributed by atoms with Crippen LogP contribution in [-0.4, -0.2) is 56.0 Å². The normalized spacial score (nSPS) is 20.6. The summed E-state index contributed by atoms with van der Waals surface area (Å²) in [5.74, 6) is -2.06. The van der Waals surface area contributed by atoms with Crippen molar-refractivity contribution in [1.82, 2.24) is 9.62 Å². The fraction of sp³-hybridized carbons (Fsp3) is 0.727. The smallest absolute Gasteiger partial charge is 0.305 e. The van der Waals surface area contributed by atoms with Crippen molar-refractivity contribution < 1.29 is 27.5 Å². The zero-order valence-corrected chi connectivity index (χ0v) is 12.2. The first kappa shape index (κ1) is 16.6. The van der Waals surface area contributed by atoms with Crippen LogP contribution in [0.5, 0.6) is 0 Å². The van der Waals surface area contributed by atoms with E-state index in [1.165, 1.54) is 7.11 Å². The van der Waals surface area contributed by atoms with Gasteiger partial charge in [0.2, 0.25) is 21.8 Å². The van der Waals surface area contributed by atoms with Crippen LogP contribution in [-0.2, 0) is 29.1 Å². The molecule has 1 N–H and O–H groups in total. The van der Waals surface area contributed by atoms with Crippen molar-refractivity contribution >= 4 is 27.8 Å². The molecule has 1 unspecified atom stereocenters. The highest BCUT2D eigenvalue weighted by Crippen LogP contribution is 2.16. The Balaban J connectivity index is 2.75. The Labute approximate surface area is 117 Å². The maximum atomic E-state index is 12.2. The van der Waals surface area contributed by atoms with Crippen LogP contribution < -0.4 is 5.32 Å². The topological polar surface area (TPSA) is 110 Å². The molecule has 1 heterocycles. The van der Waals surface area contributed by atoms with E-state index in [-0.39, 0.29) is 31.6 Å². The molecule has 0 aromatic heterocycles. The van der Waals surface area contributed by atoms with E-state index in [4.69, 9.17) is 0 Å². The maximum Gasteiger partial charge on any atom is 0.305 e. The number of hydrogen-bond donors (Lipinski definition) is 1. The molecule has 0 spiro atoms. The van der Waals surface area contributed by atoms with Crippen LogP contribution >= 0.6 is 0 Å². The summed E-state index contributed by atoms with van der Waals surface area (Å²) in [7, 11) is -2.55. The molecule has 9 heteroatoms. The molecule has 1 fully saturated rings. The molecule has 1 atom stereocenters. The number of sulfonamides is 1. The Kier molecular flexibility index (Phi) is 5.63. The van der Waals surface area contributed by atoms with Crippen molar-refractivity contribution in [3.8, 4) is 0 Å². The second kappa shape index (κ2) is 6.80. The molecule has 0 saturated carbocycles. The summed E-state index contributed by atoms with van der Waals surface area (Å²) in [6.45, 7) is 1.29. The minimum atomic E-state index is -3.77. The van der Waals surface area contributed by atoms with Crippen LogP contribution in [0.3, 0.4) is 0 Å². The SMILES string of the molecule is CCC1C(=O)NC(=O)CN1S(=O)(=O)CCCC(=O)OC. The summed E-state index contributed by atoms with van der Waals surface area (Å²) < 4.78 is 29.6. The highest BCUT2D eigenvalue weighted by molar-refractivity contribution is 7.89. The summed E-state index contributed by atoms with van der Waals surface area (Å²) in [5, 5.41) is 2.11. The number of carbonyl (C=O) groups excluding carboxylic acids is 3. The number of nitrogens with one attached hydrogen (secondary N) is 1. The number of ether oxygens (including phenoxy) is 1. The van der Waals surface area contributed by atoms with Gasteiger partial charge < -0.3 is 4.74 Å². The Bertz CT molecular complexity index is 501. The number of piperazine rings is 1. The molecule has 2 amide bonds. The zero-order chi connectivity index (χ0) is 15.3. The summed E-state index contributed by atoms with van der Waals surface area (Å²) in [4.78, 5) is 33.9. The molecule has 1 saturated heterocycles. The van der Waals surface area contributed by atoms with Gasteiger partial charge in [-0.05, 0) is 12.8 Å². The Morgan fingerprint density at radius 1 is 1.45 bits per heavy atom. The van der Waals surface area contributed by atoms with E-state index < -0.39 is 33.8 Å². The number of rotatable bonds is 6. The molecule has 1 aliphatic rings. The Morgan fingerprint density at radius 3 is 2.65 bits per heavy atom. The molecule has 8 nitrogen and oxygen atoms in total. The lowest BCUT2D eigenvalue weighted by Crippen LogP contribution is -2.59. The van der Waals surface area contributed by atoms with Gasteiger partial charge in [-0.3, -0.25) is 19.7 Å². The quantitative estimate of drug-likeness (QED) is 0.498. The van der Waals surface area contributed by atoms with Gasteiger partial charge in [-0.1, -0.05) is 6.92 Å². The van der Waals surface area contributed by atoms with Crippen LogP contribution in [0.4, 0.5) is 0 Å². The summed E-state index contributed by atoms with van der Waals surface area (Å²) in [5.41, 5.74) is 0. The van der Waals surface area contributed by atoms with Gasteiger partial charge in [-0.15, -0.1) is 0 Å². The van der Waals surface area contributed by atoms with Gasteiger partial charge in [-0.25, -0.2) is 8.42 Å². The number of imide groups is 1. The minimum Gasteiger partial charge on any atom is -0.469 e. The molecular weight excluding hydrogens is 288 g/mol. The van der Waals surface area contributed by atoms with Crippen LogP contribution in [0.2, 0.25) is 0 Å². The first-order valence-corrected chi connectivity index (χ1v) is 7.82. The van der Waals surface area contributed by atoms with E-state index >= 15 is 0 Å². The first-order chi connectivity index (χ1) is 9.31. The van der Waals surface area contributed by atoms with E-state index in [9.17, 15) is 22.8 Å². The molecule has 0 radical (unpaired) electrons. The van der Waals surface area contributed by atoms with Gasteiger partial charge in [0.15, 0.2) is 0 Å². The molecular formula is C11H18N2O6S. The number of amides is 2. The third-order valence-corrected chi connectivity index (χ3v) is 4.87. The van der Waals surface area contributed by atoms with Crippen molar-refractivity contribution in [3.63, 3.8) is 0 Å². The van der Waals surface area contributed by atoms with E-state index in [1.807, 2.05) is 0 Å². The molecule has 0 aliphatic carbocycles. The molecule has 0 aromatic carbocycles. The number of carbonyl (C=O) groups is 3. The highest BCUT2D eigenvalue weighted by Gasteiger charge is 2.39. The van der Waals surface area contributed by atoms with Gasteiger partial charge in [0.05, 0.1) is 19.4 Å². The average molecular weight is 306 g/mol. The fourth-order valence-electron chi connectivity index (χ4n) is 1.94. The molecule has 20 heavy (non-hydrogen) atoms. The minimum absolute atomic E-state index is 0.0273. The lowest BCUT2D eigenvalue weighted by Gasteiger charge is -2.32. The predicted octanol–water partition coefficient (Wildman–Crippen LogP) is -0.994. The maximum absolute atomic E-state index is 12.2. The average Bonchev–Trinajstić information content (AvgIpc) is 2.37. The van der Waals surface area contributed by atoms with E-state index in [0.717, 1.165) is 4.31 Å². The molecule has 0 aromatic rings. The number of hydrogen-bond acceptors (Lipinski definition) is 6. The van der Waals surface area contributed by atoms with Gasteiger partial charge >= 0.3 is 5.97 Å². The molecule has 114 valence electrons. The van der Waals surface area contributed by atoms with Gasteiger partial charge in [0.1, 0.15) is 6.04 Å². The Hall–Kier alpha value is -1.48. The third-order valence-electron chi connectivity index (χ3n) is 2.97. The number of methoxy groups -OCH3 is 1. The van der Waals surface area contributed by atoms with Crippen LogP contribution in [0.15, 0.2) is 0 Å². The van der Waals surface area contributed by atoms with E-state index in [1.54, 1.807) is 6.92 Å². The standard InChI is InChI=1S/C11H18N2O6S/c1-3-8-11(16)12-9(14)7-13(8)20(17,18)6-4-5-10(15)19-2/h8H,3-7H2,1-2H3,(H,12,14,16). The van der Waals surface area contributed by atoms with Gasteiger partial charge in [0, 0.05) is 6.42 Å². The first-order valence-electron chi connectivity index (χ1n) is 6.21. The van der Waals surface area contributed by atoms with Crippen LogP contribution in [0, 0.1) is 0 Å². The fourth-order valence-corrected chi connectivity index (χ4v) is 3.63. The Morgan fingerprint density at radius 2 is 2.10 bits per heavy atom. The third kappa shape index (κ3) is 4.01. The zero-order valence-electron chi connectivity index (χ0n) is 11.4. The van der Waals surface area contributed by atoms with Crippen molar-refractivity contribution in [2.45, 2.75) is 32.2 Å². The van der Waals surface area contributed by atoms with Crippen molar-refractivity contribution in [3.05, 3.63) is 0 Å². The second-order valence-electron chi connectivity index (χ2n) is 4.38. The van der Waals surface area contributed by atoms with Crippen LogP contribution in [0.1, 0.15) is 26.2 Å². The van der Waals surface area contributed by atoms with Crippen molar-refractivity contribution in [1.29, 1.82) is 0 Å². The molecule has 0 bridgehead atoms. The lowest BCUT2D eigenvalue weighted by molar-refractivity contribution is -0.141. The molecule has 1 aliphatic heterocycles. The summed E-state index contributed by atoms with van der Waals surface area (Å²) >= 11 is 0. The summed E-state index contributed by atoms with van der Waals surface area (Å²) in [6, 6.07) is -0.879. The van der Waals surface area contributed by atoms with E-state index in [0.29, 0.717) is 0 Å². The summed E-state index contributed by atoms with van der Waals surface area (Å²) in [6.07, 6.45) is 0.327. The van der Waals surface area contributed by atoms with Gasteiger partial charge in [-0.2, -0.15) is 4.31 Å². The van der Waals surface area contributed by atoms with Crippen LogP contribution in [0.25, 0.3) is 0 Å². The predicted molar refractivity (Wildman–Crippen MR) is 69.0 cm³/mol. The number of nitrogens with zero attached hydrogens (tertiary/aromatic N) is 1. The molecule has 1 rings (SSSR count). The van der Waals surface area contributed by atoms with Crippen molar-refractivity contribution in [2.24, 2.45) is 0 Å². The second-order valence-corrected chi connectivity index (χ2v) is 6.42. The number of esters is 1. The highest BCUT2D eigenvalue weighted by atomic mass is 32.2.